The van der Waals surface area contributed by atoms with Crippen molar-refractivity contribution < 1.29 is 9.53 Å². The normalized spacial score (nSPS) is 10.6. The largest absolute Gasteiger partial charge is 0.463 e. The third-order valence-corrected chi connectivity index (χ3v) is 2.32. The summed E-state index contributed by atoms with van der Waals surface area (Å²) in [5.74, 6) is -0.280. The lowest BCUT2D eigenvalue weighted by Crippen LogP contribution is -2.05. The summed E-state index contributed by atoms with van der Waals surface area (Å²) in [6.45, 7) is 8.12. The average molecular weight is 224 g/mol. The zero-order valence-corrected chi connectivity index (χ0v) is 10.6. The number of rotatable bonds is 9. The minimum atomic E-state index is -0.280. The van der Waals surface area contributed by atoms with Crippen LogP contribution in [0.4, 0.5) is 0 Å². The Hall–Kier alpha value is -1.05. The first kappa shape index (κ1) is 14.9. The Morgan fingerprint density at radius 3 is 2.56 bits per heavy atom. The Kier molecular flexibility index (Phi) is 9.78. The lowest BCUT2D eigenvalue weighted by Gasteiger charge is -2.01. The molecule has 92 valence electrons. The predicted octanol–water partition coefficient (Wildman–Crippen LogP) is 4.02. The van der Waals surface area contributed by atoms with Crippen LogP contribution in [0.25, 0.3) is 0 Å². The summed E-state index contributed by atoms with van der Waals surface area (Å²) in [4.78, 5) is 11.2. The van der Waals surface area contributed by atoms with Crippen LogP contribution in [-0.4, -0.2) is 12.6 Å². The predicted molar refractivity (Wildman–Crippen MR) is 68.3 cm³/mol. The molecule has 0 saturated heterocycles. The van der Waals surface area contributed by atoms with Crippen molar-refractivity contribution in [3.8, 4) is 0 Å². The first-order chi connectivity index (χ1) is 7.72. The van der Waals surface area contributed by atoms with Gasteiger partial charge in [-0.15, -0.1) is 0 Å². The number of unbranched alkanes of at least 4 members (excludes halogenated alkanes) is 4. The van der Waals surface area contributed by atoms with Crippen molar-refractivity contribution >= 4 is 5.97 Å². The van der Waals surface area contributed by atoms with Crippen LogP contribution in [0.15, 0.2) is 24.3 Å². The molecule has 0 heterocycles. The lowest BCUT2D eigenvalue weighted by atomic mass is 10.1. The van der Waals surface area contributed by atoms with Gasteiger partial charge >= 0.3 is 5.97 Å². The smallest absolute Gasteiger partial charge is 0.333 e. The Morgan fingerprint density at radius 2 is 1.94 bits per heavy atom. The Balaban J connectivity index is 3.51. The number of esters is 1. The van der Waals surface area contributed by atoms with Crippen molar-refractivity contribution in [3.05, 3.63) is 24.3 Å². The van der Waals surface area contributed by atoms with E-state index in [9.17, 15) is 4.79 Å². The monoisotopic (exact) mass is 224 g/mol. The molecule has 16 heavy (non-hydrogen) atoms. The minimum absolute atomic E-state index is 0.280. The van der Waals surface area contributed by atoms with Gasteiger partial charge in [-0.2, -0.15) is 0 Å². The molecule has 2 heteroatoms. The summed E-state index contributed by atoms with van der Waals surface area (Å²) in [5.41, 5.74) is 0.534. The van der Waals surface area contributed by atoms with Crippen molar-refractivity contribution in [2.45, 2.75) is 52.4 Å². The second-order valence-electron chi connectivity index (χ2n) is 3.85. The number of carbonyl (C=O) groups is 1. The molecular weight excluding hydrogens is 200 g/mol. The Labute approximate surface area is 99.4 Å². The molecule has 0 amide bonds. The molecule has 0 radical (unpaired) electrons. The van der Waals surface area contributed by atoms with Crippen molar-refractivity contribution in [1.29, 1.82) is 0 Å². The molecule has 0 aliphatic heterocycles. The van der Waals surface area contributed by atoms with Crippen molar-refractivity contribution in [3.63, 3.8) is 0 Å². The van der Waals surface area contributed by atoms with Crippen LogP contribution in [-0.2, 0) is 9.53 Å². The van der Waals surface area contributed by atoms with Gasteiger partial charge in [0.25, 0.3) is 0 Å². The molecule has 0 aromatic rings. The van der Waals surface area contributed by atoms with Gasteiger partial charge in [-0.05, 0) is 26.2 Å². The van der Waals surface area contributed by atoms with E-state index in [1.54, 1.807) is 6.92 Å². The van der Waals surface area contributed by atoms with E-state index in [1.165, 1.54) is 25.7 Å². The Bertz CT molecular complexity index is 229. The highest BCUT2D eigenvalue weighted by Crippen LogP contribution is 2.06. The summed E-state index contributed by atoms with van der Waals surface area (Å²) < 4.78 is 4.84. The summed E-state index contributed by atoms with van der Waals surface area (Å²) in [5, 5.41) is 0. The first-order valence-corrected chi connectivity index (χ1v) is 6.22. The maximum atomic E-state index is 11.2. The quantitative estimate of drug-likeness (QED) is 0.256. The molecule has 0 fully saturated rings. The van der Waals surface area contributed by atoms with Gasteiger partial charge < -0.3 is 4.74 Å². The average Bonchev–Trinajstić information content (AvgIpc) is 2.28. The molecule has 0 saturated carbocycles. The summed E-state index contributed by atoms with van der Waals surface area (Å²) >= 11 is 0. The molecule has 0 bridgehead atoms. The summed E-state index contributed by atoms with van der Waals surface area (Å²) in [7, 11) is 0. The van der Waals surface area contributed by atoms with Gasteiger partial charge in [0.2, 0.25) is 0 Å². The van der Waals surface area contributed by atoms with Gasteiger partial charge in [0.15, 0.2) is 0 Å². The van der Waals surface area contributed by atoms with E-state index in [-0.39, 0.29) is 5.97 Å². The molecule has 0 N–H and O–H groups in total. The van der Waals surface area contributed by atoms with Crippen LogP contribution in [0.5, 0.6) is 0 Å². The SMILES string of the molecule is C=C(C/C=C/CCCCCC)C(=O)OCC. The number of ether oxygens (including phenoxy) is 1. The molecule has 0 aromatic heterocycles. The molecular formula is C14H24O2. The fourth-order valence-corrected chi connectivity index (χ4v) is 1.35. The second kappa shape index (κ2) is 10.5. The van der Waals surface area contributed by atoms with Crippen molar-refractivity contribution in [1.82, 2.24) is 0 Å². The van der Waals surface area contributed by atoms with Gasteiger partial charge in [-0.3, -0.25) is 0 Å². The number of carbonyl (C=O) groups excluding carboxylic acids is 1. The van der Waals surface area contributed by atoms with Gasteiger partial charge in [0, 0.05) is 5.57 Å². The lowest BCUT2D eigenvalue weighted by molar-refractivity contribution is -0.138. The fraction of sp³-hybridized carbons (Fsp3) is 0.643. The van der Waals surface area contributed by atoms with Gasteiger partial charge in [-0.1, -0.05) is 44.9 Å². The number of hydrogen-bond donors (Lipinski definition) is 0. The molecule has 0 aromatic carbocycles. The molecule has 0 aliphatic carbocycles. The molecule has 0 rings (SSSR count). The van der Waals surface area contributed by atoms with E-state index in [2.05, 4.69) is 19.6 Å². The van der Waals surface area contributed by atoms with Crippen LogP contribution in [0.1, 0.15) is 52.4 Å². The fourth-order valence-electron chi connectivity index (χ4n) is 1.35. The van der Waals surface area contributed by atoms with Crippen LogP contribution < -0.4 is 0 Å². The van der Waals surface area contributed by atoms with Gasteiger partial charge in [0.05, 0.1) is 6.61 Å². The van der Waals surface area contributed by atoms with Crippen LogP contribution in [0.2, 0.25) is 0 Å². The van der Waals surface area contributed by atoms with E-state index in [0.29, 0.717) is 18.6 Å². The van der Waals surface area contributed by atoms with Gasteiger partial charge in [0.1, 0.15) is 0 Å². The standard InChI is InChI=1S/C14H24O2/c1-4-6-7-8-9-10-11-12-13(3)14(15)16-5-2/h10-11H,3-9,12H2,1-2H3/b11-10+. The van der Waals surface area contributed by atoms with Crippen LogP contribution in [0.3, 0.4) is 0 Å². The second-order valence-corrected chi connectivity index (χ2v) is 3.85. The van der Waals surface area contributed by atoms with E-state index < -0.39 is 0 Å². The van der Waals surface area contributed by atoms with Crippen LogP contribution >= 0.6 is 0 Å². The summed E-state index contributed by atoms with van der Waals surface area (Å²) in [6.07, 6.45) is 10.9. The van der Waals surface area contributed by atoms with Crippen LogP contribution in [0, 0.1) is 0 Å². The molecule has 2 nitrogen and oxygen atoms in total. The van der Waals surface area contributed by atoms with E-state index in [1.807, 2.05) is 6.08 Å². The highest BCUT2D eigenvalue weighted by Gasteiger charge is 2.04. The highest BCUT2D eigenvalue weighted by molar-refractivity contribution is 5.87. The molecule has 0 aliphatic rings. The third-order valence-electron chi connectivity index (χ3n) is 2.32. The topological polar surface area (TPSA) is 26.3 Å². The number of hydrogen-bond acceptors (Lipinski definition) is 2. The van der Waals surface area contributed by atoms with E-state index >= 15 is 0 Å². The minimum Gasteiger partial charge on any atom is -0.463 e. The summed E-state index contributed by atoms with van der Waals surface area (Å²) in [6, 6.07) is 0. The van der Waals surface area contributed by atoms with E-state index in [4.69, 9.17) is 4.74 Å². The third kappa shape index (κ3) is 8.27. The maximum absolute atomic E-state index is 11.2. The molecule has 0 unspecified atom stereocenters. The molecule has 0 atom stereocenters. The zero-order valence-electron chi connectivity index (χ0n) is 10.6. The number of allylic oxidation sites excluding steroid dienone is 2. The van der Waals surface area contributed by atoms with Crippen molar-refractivity contribution in [2.75, 3.05) is 6.61 Å². The van der Waals surface area contributed by atoms with E-state index in [0.717, 1.165) is 6.42 Å². The molecule has 0 spiro atoms. The maximum Gasteiger partial charge on any atom is 0.333 e. The van der Waals surface area contributed by atoms with Gasteiger partial charge in [-0.25, -0.2) is 4.79 Å². The Morgan fingerprint density at radius 1 is 1.19 bits per heavy atom. The zero-order chi connectivity index (χ0) is 12.2. The van der Waals surface area contributed by atoms with Crippen molar-refractivity contribution in [2.24, 2.45) is 0 Å². The highest BCUT2D eigenvalue weighted by atomic mass is 16.5. The first-order valence-electron chi connectivity index (χ1n) is 6.22.